The van der Waals surface area contributed by atoms with Gasteiger partial charge in [-0.25, -0.2) is 0 Å². The first-order valence-corrected chi connectivity index (χ1v) is 7.66. The minimum Gasteiger partial charge on any atom is -0.493 e. The number of allylic oxidation sites excluding steroid dienone is 1. The Bertz CT molecular complexity index is 837. The highest BCUT2D eigenvalue weighted by molar-refractivity contribution is 5.57. The molecule has 0 radical (unpaired) electrons. The van der Waals surface area contributed by atoms with E-state index >= 15 is 0 Å². The molecule has 1 aliphatic heterocycles. The van der Waals surface area contributed by atoms with Gasteiger partial charge in [-0.2, -0.15) is 5.26 Å². The van der Waals surface area contributed by atoms with Gasteiger partial charge in [-0.3, -0.25) is 0 Å². The van der Waals surface area contributed by atoms with Crippen molar-refractivity contribution < 1.29 is 14.2 Å². The molecule has 2 aromatic rings. The molecule has 0 bridgehead atoms. The number of hydrogen-bond donors (Lipinski definition) is 1. The molecule has 5 nitrogen and oxygen atoms in total. The summed E-state index contributed by atoms with van der Waals surface area (Å²) in [6.45, 7) is 2.46. The molecule has 0 spiro atoms. The third-order valence-corrected chi connectivity index (χ3v) is 3.95. The van der Waals surface area contributed by atoms with E-state index in [-0.39, 0.29) is 11.8 Å². The Kier molecular flexibility index (Phi) is 4.30. The maximum Gasteiger partial charge on any atom is 0.205 e. The fourth-order valence-corrected chi connectivity index (χ4v) is 2.89. The summed E-state index contributed by atoms with van der Waals surface area (Å²) in [6.07, 6.45) is 0. The van der Waals surface area contributed by atoms with Crippen molar-refractivity contribution in [3.8, 4) is 23.3 Å². The van der Waals surface area contributed by atoms with Gasteiger partial charge in [0.2, 0.25) is 5.88 Å². The second-order valence-electron chi connectivity index (χ2n) is 5.31. The zero-order valence-electron chi connectivity index (χ0n) is 13.6. The Morgan fingerprint density at radius 3 is 2.71 bits per heavy atom. The summed E-state index contributed by atoms with van der Waals surface area (Å²) in [7, 11) is 1.59. The number of nitrogens with two attached hydrogens (primary N) is 1. The first-order chi connectivity index (χ1) is 11.7. The fourth-order valence-electron chi connectivity index (χ4n) is 2.89. The second-order valence-corrected chi connectivity index (χ2v) is 5.31. The summed E-state index contributed by atoms with van der Waals surface area (Å²) in [4.78, 5) is 0. The number of nitrogens with zero attached hydrogens (tertiary/aromatic N) is 1. The van der Waals surface area contributed by atoms with Crippen molar-refractivity contribution in [1.82, 2.24) is 0 Å². The number of ether oxygens (including phenoxy) is 3. The normalized spacial score (nSPS) is 16.0. The van der Waals surface area contributed by atoms with Crippen LogP contribution in [0.3, 0.4) is 0 Å². The minimum absolute atomic E-state index is 0.133. The molecular formula is C19H18N2O3. The minimum atomic E-state index is -0.301. The van der Waals surface area contributed by atoms with Crippen LogP contribution in [-0.2, 0) is 0 Å². The summed E-state index contributed by atoms with van der Waals surface area (Å²) in [5, 5.41) is 9.56. The highest BCUT2D eigenvalue weighted by atomic mass is 16.5. The summed E-state index contributed by atoms with van der Waals surface area (Å²) < 4.78 is 16.6. The van der Waals surface area contributed by atoms with Crippen molar-refractivity contribution in [1.29, 1.82) is 5.26 Å². The maximum absolute atomic E-state index is 9.56. The van der Waals surface area contributed by atoms with Gasteiger partial charge in [-0.1, -0.05) is 24.3 Å². The highest BCUT2D eigenvalue weighted by Gasteiger charge is 2.30. The molecule has 0 saturated carbocycles. The summed E-state index contributed by atoms with van der Waals surface area (Å²) in [5.74, 6) is 1.78. The molecule has 122 valence electrons. The number of methoxy groups -OCH3 is 1. The van der Waals surface area contributed by atoms with Crippen LogP contribution in [0.2, 0.25) is 0 Å². The van der Waals surface area contributed by atoms with Gasteiger partial charge in [0, 0.05) is 5.56 Å². The van der Waals surface area contributed by atoms with E-state index < -0.39 is 0 Å². The smallest absolute Gasteiger partial charge is 0.205 e. The van der Waals surface area contributed by atoms with Crippen molar-refractivity contribution in [2.24, 2.45) is 5.73 Å². The zero-order valence-corrected chi connectivity index (χ0v) is 13.6. The molecule has 1 aliphatic rings. The molecule has 3 rings (SSSR count). The van der Waals surface area contributed by atoms with Gasteiger partial charge in [0.15, 0.2) is 11.5 Å². The number of nitriles is 1. The summed E-state index contributed by atoms with van der Waals surface area (Å²) in [5.41, 5.74) is 8.14. The van der Waals surface area contributed by atoms with E-state index in [9.17, 15) is 5.26 Å². The molecule has 1 atom stereocenters. The third kappa shape index (κ3) is 2.63. The number of fused-ring (bicyclic) bond motifs is 1. The van der Waals surface area contributed by atoms with Crippen molar-refractivity contribution in [3.63, 3.8) is 0 Å². The van der Waals surface area contributed by atoms with Crippen LogP contribution in [0.5, 0.6) is 17.2 Å². The van der Waals surface area contributed by atoms with Crippen molar-refractivity contribution in [2.75, 3.05) is 13.7 Å². The number of hydrogen-bond acceptors (Lipinski definition) is 5. The number of rotatable bonds is 4. The van der Waals surface area contributed by atoms with Crippen LogP contribution >= 0.6 is 0 Å². The van der Waals surface area contributed by atoms with E-state index in [0.717, 1.165) is 11.1 Å². The number of para-hydroxylation sites is 1. The Morgan fingerprint density at radius 1 is 1.21 bits per heavy atom. The van der Waals surface area contributed by atoms with Gasteiger partial charge in [-0.15, -0.1) is 0 Å². The lowest BCUT2D eigenvalue weighted by Gasteiger charge is -2.26. The monoisotopic (exact) mass is 322 g/mol. The molecule has 0 aromatic heterocycles. The average molecular weight is 322 g/mol. The predicted molar refractivity (Wildman–Crippen MR) is 89.9 cm³/mol. The first kappa shape index (κ1) is 15.8. The van der Waals surface area contributed by atoms with Crippen molar-refractivity contribution >= 4 is 0 Å². The SMILES string of the molecule is CCOc1ccc([C@@H]2C(C#N)=C(N)Oc3ccccc32)cc1OC. The lowest BCUT2D eigenvalue weighted by atomic mass is 9.83. The quantitative estimate of drug-likeness (QED) is 0.934. The standard InChI is InChI=1S/C19H18N2O3/c1-3-23-16-9-8-12(10-17(16)22-2)18-13-6-4-5-7-15(13)24-19(21)14(18)11-20/h4-10,18H,3,21H2,1-2H3/t18-/m0/s1. The largest absolute Gasteiger partial charge is 0.493 e. The van der Waals surface area contributed by atoms with E-state index in [1.807, 2.05) is 49.4 Å². The Labute approximate surface area is 140 Å². The predicted octanol–water partition coefficient (Wildman–Crippen LogP) is 3.31. The van der Waals surface area contributed by atoms with Crippen LogP contribution in [0.4, 0.5) is 0 Å². The lowest BCUT2D eigenvalue weighted by Crippen LogP contribution is -2.21. The number of benzene rings is 2. The molecule has 0 saturated heterocycles. The molecular weight excluding hydrogens is 304 g/mol. The van der Waals surface area contributed by atoms with E-state index in [1.165, 1.54) is 0 Å². The molecule has 5 heteroatoms. The third-order valence-electron chi connectivity index (χ3n) is 3.95. The molecule has 24 heavy (non-hydrogen) atoms. The molecule has 0 unspecified atom stereocenters. The molecule has 2 aromatic carbocycles. The maximum atomic E-state index is 9.56. The van der Waals surface area contributed by atoms with Crippen LogP contribution in [-0.4, -0.2) is 13.7 Å². The van der Waals surface area contributed by atoms with E-state index in [0.29, 0.717) is 29.4 Å². The molecule has 1 heterocycles. The van der Waals surface area contributed by atoms with Crippen LogP contribution in [0.15, 0.2) is 53.9 Å². The van der Waals surface area contributed by atoms with Gasteiger partial charge in [-0.05, 0) is 30.7 Å². The Morgan fingerprint density at radius 2 is 2.00 bits per heavy atom. The van der Waals surface area contributed by atoms with Gasteiger partial charge < -0.3 is 19.9 Å². The van der Waals surface area contributed by atoms with Gasteiger partial charge in [0.05, 0.1) is 19.6 Å². The Balaban J connectivity index is 2.15. The molecule has 0 aliphatic carbocycles. The second kappa shape index (κ2) is 6.55. The van der Waals surface area contributed by atoms with Crippen molar-refractivity contribution in [2.45, 2.75) is 12.8 Å². The van der Waals surface area contributed by atoms with Crippen molar-refractivity contribution in [3.05, 3.63) is 65.0 Å². The highest BCUT2D eigenvalue weighted by Crippen LogP contribution is 2.43. The van der Waals surface area contributed by atoms with Crippen LogP contribution in [0.1, 0.15) is 24.0 Å². The summed E-state index contributed by atoms with van der Waals surface area (Å²) >= 11 is 0. The average Bonchev–Trinajstić information content (AvgIpc) is 2.61. The van der Waals surface area contributed by atoms with Crippen LogP contribution in [0, 0.1) is 11.3 Å². The summed E-state index contributed by atoms with van der Waals surface area (Å²) in [6, 6.07) is 15.4. The zero-order chi connectivity index (χ0) is 17.1. The van der Waals surface area contributed by atoms with Crippen LogP contribution in [0.25, 0.3) is 0 Å². The van der Waals surface area contributed by atoms with Crippen LogP contribution < -0.4 is 19.9 Å². The van der Waals surface area contributed by atoms with E-state index in [2.05, 4.69) is 6.07 Å². The van der Waals surface area contributed by atoms with Gasteiger partial charge in [0.1, 0.15) is 17.4 Å². The first-order valence-electron chi connectivity index (χ1n) is 7.66. The Hall–Kier alpha value is -3.13. The van der Waals surface area contributed by atoms with Gasteiger partial charge in [0.25, 0.3) is 0 Å². The van der Waals surface area contributed by atoms with E-state index in [4.69, 9.17) is 19.9 Å². The molecule has 0 fully saturated rings. The van der Waals surface area contributed by atoms with E-state index in [1.54, 1.807) is 7.11 Å². The molecule has 0 amide bonds. The van der Waals surface area contributed by atoms with Gasteiger partial charge >= 0.3 is 0 Å². The lowest BCUT2D eigenvalue weighted by molar-refractivity contribution is 0.310. The fraction of sp³-hybridized carbons (Fsp3) is 0.211. The topological polar surface area (TPSA) is 77.5 Å². The molecule has 2 N–H and O–H groups in total.